The van der Waals surface area contributed by atoms with Gasteiger partial charge in [-0.25, -0.2) is 10.1 Å². The highest BCUT2D eigenvalue weighted by atomic mass is 16.6. The summed E-state index contributed by atoms with van der Waals surface area (Å²) < 4.78 is 11.3. The average Bonchev–Trinajstić information content (AvgIpc) is 3.44. The van der Waals surface area contributed by atoms with E-state index in [-0.39, 0.29) is 17.3 Å². The van der Waals surface area contributed by atoms with E-state index in [1.807, 2.05) is 61.5 Å². The number of anilines is 1. The number of carbonyl (C=O) groups excluding carboxylic acids is 1. The van der Waals surface area contributed by atoms with Crippen molar-refractivity contribution < 1.29 is 14.2 Å². The van der Waals surface area contributed by atoms with Crippen LogP contribution in [-0.4, -0.2) is 43.5 Å². The zero-order valence-electron chi connectivity index (χ0n) is 17.4. The molecule has 3 N–H and O–H groups in total. The van der Waals surface area contributed by atoms with Gasteiger partial charge < -0.3 is 10.5 Å². The molecule has 4 aromatic rings. The molecule has 2 aromatic heterocycles. The molecule has 0 aliphatic rings. The maximum atomic E-state index is 13.1. The molecule has 0 saturated carbocycles. The van der Waals surface area contributed by atoms with Crippen LogP contribution in [0.25, 0.3) is 17.1 Å². The molecule has 0 aliphatic carbocycles. The minimum Gasteiger partial charge on any atom is -0.494 e. The van der Waals surface area contributed by atoms with Gasteiger partial charge in [-0.3, -0.25) is 4.79 Å². The number of benzene rings is 2. The van der Waals surface area contributed by atoms with E-state index in [1.165, 1.54) is 4.68 Å². The number of nitrogens with two attached hydrogens (primary N) is 1. The summed E-state index contributed by atoms with van der Waals surface area (Å²) in [5.74, 6) is 0.227. The van der Waals surface area contributed by atoms with Gasteiger partial charge in [0.1, 0.15) is 11.4 Å². The summed E-state index contributed by atoms with van der Waals surface area (Å²) in [7, 11) is 0. The van der Waals surface area contributed by atoms with Crippen LogP contribution in [-0.2, 0) is 0 Å². The molecule has 11 heteroatoms. The number of ether oxygens (including phenoxy) is 1. The summed E-state index contributed by atoms with van der Waals surface area (Å²) in [6.07, 6.45) is 0. The van der Waals surface area contributed by atoms with Gasteiger partial charge in [0, 0.05) is 5.56 Å². The number of carbonyl (C=O) groups is 1. The van der Waals surface area contributed by atoms with Crippen LogP contribution in [0.5, 0.6) is 5.75 Å². The van der Waals surface area contributed by atoms with Crippen molar-refractivity contribution in [1.82, 2.24) is 30.7 Å². The number of nitrogens with one attached hydrogen (secondary N) is 1. The van der Waals surface area contributed by atoms with Gasteiger partial charge in [0.2, 0.25) is 11.6 Å². The summed E-state index contributed by atoms with van der Waals surface area (Å²) in [6, 6.07) is 16.5. The number of rotatable bonds is 7. The maximum absolute atomic E-state index is 13.1. The number of hydrogen-bond acceptors (Lipinski definition) is 9. The van der Waals surface area contributed by atoms with E-state index in [9.17, 15) is 4.79 Å². The molecule has 162 valence electrons. The van der Waals surface area contributed by atoms with E-state index in [0.717, 1.165) is 11.3 Å². The van der Waals surface area contributed by atoms with Gasteiger partial charge in [-0.1, -0.05) is 35.5 Å². The molecule has 1 amide bonds. The molecule has 0 spiro atoms. The molecule has 0 unspecified atom stereocenters. The van der Waals surface area contributed by atoms with Crippen LogP contribution < -0.4 is 15.9 Å². The topological polar surface area (TPSA) is 146 Å². The van der Waals surface area contributed by atoms with E-state index < -0.39 is 5.91 Å². The first-order valence-electron chi connectivity index (χ1n) is 9.76. The molecule has 0 aliphatic heterocycles. The van der Waals surface area contributed by atoms with Crippen molar-refractivity contribution in [1.29, 1.82) is 0 Å². The predicted molar refractivity (Wildman–Crippen MR) is 116 cm³/mol. The second-order valence-corrected chi connectivity index (χ2v) is 6.63. The molecule has 4 rings (SSSR count). The largest absolute Gasteiger partial charge is 0.494 e. The minimum absolute atomic E-state index is 0.0300. The molecule has 0 atom stereocenters. The van der Waals surface area contributed by atoms with E-state index in [2.05, 4.69) is 35.8 Å². The fourth-order valence-corrected chi connectivity index (χ4v) is 2.97. The lowest BCUT2D eigenvalue weighted by atomic mass is 10.1. The molecule has 0 fully saturated rings. The van der Waals surface area contributed by atoms with Crippen molar-refractivity contribution in [3.05, 3.63) is 65.9 Å². The smallest absolute Gasteiger partial charge is 0.292 e. The highest BCUT2D eigenvalue weighted by Crippen LogP contribution is 2.24. The second-order valence-electron chi connectivity index (χ2n) is 6.63. The molecule has 2 aromatic carbocycles. The van der Waals surface area contributed by atoms with Crippen LogP contribution in [0.2, 0.25) is 0 Å². The summed E-state index contributed by atoms with van der Waals surface area (Å²) in [4.78, 5) is 13.1. The van der Waals surface area contributed by atoms with Gasteiger partial charge in [0.15, 0.2) is 5.69 Å². The van der Waals surface area contributed by atoms with Gasteiger partial charge in [-0.2, -0.15) is 9.78 Å². The Morgan fingerprint density at radius 1 is 1.16 bits per heavy atom. The van der Waals surface area contributed by atoms with Crippen molar-refractivity contribution in [2.75, 3.05) is 12.3 Å². The second kappa shape index (κ2) is 9.08. The molecule has 32 heavy (non-hydrogen) atoms. The number of hydrogen-bond donors (Lipinski definition) is 2. The zero-order chi connectivity index (χ0) is 22.5. The molecular formula is C21H20N8O3. The third-order valence-electron chi connectivity index (χ3n) is 4.54. The van der Waals surface area contributed by atoms with E-state index in [4.69, 9.17) is 10.5 Å². The average molecular weight is 432 g/mol. The predicted octanol–water partition coefficient (Wildman–Crippen LogP) is 2.45. The summed E-state index contributed by atoms with van der Waals surface area (Å²) >= 11 is 0. The van der Waals surface area contributed by atoms with E-state index >= 15 is 0 Å². The van der Waals surface area contributed by atoms with Crippen LogP contribution in [0.15, 0.2) is 64.3 Å². The van der Waals surface area contributed by atoms with Crippen molar-refractivity contribution in [3.8, 4) is 22.8 Å². The zero-order valence-corrected chi connectivity index (χ0v) is 17.4. The van der Waals surface area contributed by atoms with Crippen LogP contribution in [0.3, 0.4) is 0 Å². The molecule has 0 radical (unpaired) electrons. The Balaban J connectivity index is 1.65. The molecule has 0 saturated heterocycles. The van der Waals surface area contributed by atoms with Gasteiger partial charge in [-0.15, -0.1) is 5.10 Å². The van der Waals surface area contributed by atoms with E-state index in [1.54, 1.807) is 6.92 Å². The van der Waals surface area contributed by atoms with Crippen LogP contribution in [0, 0.1) is 0 Å². The summed E-state index contributed by atoms with van der Waals surface area (Å²) in [6.45, 7) is 4.28. The molecule has 11 nitrogen and oxygen atoms in total. The van der Waals surface area contributed by atoms with Crippen molar-refractivity contribution >= 4 is 17.4 Å². The summed E-state index contributed by atoms with van der Waals surface area (Å²) in [5.41, 5.74) is 10.9. The Labute approximate surface area is 182 Å². The number of nitrogen functional groups attached to an aromatic ring is 1. The summed E-state index contributed by atoms with van der Waals surface area (Å²) in [5, 5.41) is 19.7. The first-order chi connectivity index (χ1) is 15.6. The first-order valence-corrected chi connectivity index (χ1v) is 9.76. The fraction of sp³-hybridized carbons (Fsp3) is 0.143. The number of amides is 1. The Bertz CT molecular complexity index is 1250. The van der Waals surface area contributed by atoms with Crippen LogP contribution in [0.4, 0.5) is 5.82 Å². The van der Waals surface area contributed by atoms with Crippen molar-refractivity contribution in [3.63, 3.8) is 0 Å². The molecule has 2 heterocycles. The standard InChI is InChI=1S/C21H20N8O3/c1-3-31-16-11-9-14(10-12-16)13(2)23-25-21(30)18-17(15-7-5-4-6-8-15)24-28-29(18)20-19(22)26-32-27-20/h4-12H,3H2,1-2H3,(H2,22,26)(H,25,30). The monoisotopic (exact) mass is 432 g/mol. The maximum Gasteiger partial charge on any atom is 0.292 e. The Morgan fingerprint density at radius 2 is 1.91 bits per heavy atom. The van der Waals surface area contributed by atoms with Crippen molar-refractivity contribution in [2.24, 2.45) is 5.10 Å². The highest BCUT2D eigenvalue weighted by Gasteiger charge is 2.26. The number of nitrogens with zero attached hydrogens (tertiary/aromatic N) is 6. The quantitative estimate of drug-likeness (QED) is 0.334. The third kappa shape index (κ3) is 4.17. The highest BCUT2D eigenvalue weighted by molar-refractivity contribution is 6.02. The molecular weight excluding hydrogens is 412 g/mol. The SMILES string of the molecule is CCOc1ccc(C(C)=NNC(=O)c2c(-c3ccccc3)nnn2-c2nonc2N)cc1. The van der Waals surface area contributed by atoms with Crippen LogP contribution >= 0.6 is 0 Å². The number of aromatic nitrogens is 5. The van der Waals surface area contributed by atoms with Gasteiger partial charge >= 0.3 is 0 Å². The normalized spacial score (nSPS) is 11.4. The van der Waals surface area contributed by atoms with E-state index in [0.29, 0.717) is 23.6 Å². The van der Waals surface area contributed by atoms with Gasteiger partial charge in [-0.05, 0) is 54.0 Å². The van der Waals surface area contributed by atoms with Gasteiger partial charge in [0.25, 0.3) is 5.91 Å². The lowest BCUT2D eigenvalue weighted by molar-refractivity contribution is 0.0947. The van der Waals surface area contributed by atoms with Crippen LogP contribution in [0.1, 0.15) is 29.9 Å². The Kier molecular flexibility index (Phi) is 5.88. The lowest BCUT2D eigenvalue weighted by Gasteiger charge is -2.07. The molecule has 0 bridgehead atoms. The van der Waals surface area contributed by atoms with Crippen molar-refractivity contribution in [2.45, 2.75) is 13.8 Å². The first kappa shape index (κ1) is 20.7. The Hall–Kier alpha value is -4.54. The Morgan fingerprint density at radius 3 is 2.56 bits per heavy atom. The lowest BCUT2D eigenvalue weighted by Crippen LogP contribution is -2.23. The third-order valence-corrected chi connectivity index (χ3v) is 4.54. The number of hydrazone groups is 1. The fourth-order valence-electron chi connectivity index (χ4n) is 2.97. The van der Waals surface area contributed by atoms with Gasteiger partial charge in [0.05, 0.1) is 12.3 Å². The minimum atomic E-state index is -0.554.